The van der Waals surface area contributed by atoms with Gasteiger partial charge in [0.05, 0.1) is 23.5 Å². The molecule has 2 aromatic heterocycles. The van der Waals surface area contributed by atoms with Crippen LogP contribution in [-0.2, 0) is 9.59 Å². The van der Waals surface area contributed by atoms with Gasteiger partial charge in [0, 0.05) is 28.3 Å². The molecule has 4 rings (SSSR count). The molecule has 0 aliphatic heterocycles. The Kier molecular flexibility index (Phi) is 6.56. The zero-order chi connectivity index (χ0) is 24.4. The fraction of sp³-hybridized carbons (Fsp3) is 0.222. The van der Waals surface area contributed by atoms with Crippen molar-refractivity contribution in [3.8, 4) is 11.1 Å². The molecule has 0 aliphatic carbocycles. The van der Waals surface area contributed by atoms with Crippen LogP contribution in [0.15, 0.2) is 60.8 Å². The number of carboxylic acid groups (broad SMARTS) is 1. The number of Topliss-reactive ketones (excluding diaryl/α,β-unsaturated/α-hetero) is 1. The third-order valence-electron chi connectivity index (χ3n) is 5.70. The Morgan fingerprint density at radius 2 is 1.82 bits per heavy atom. The normalized spacial score (nSPS) is 12.7. The molecule has 6 nitrogen and oxygen atoms in total. The van der Waals surface area contributed by atoms with E-state index in [1.807, 2.05) is 42.6 Å². The van der Waals surface area contributed by atoms with Crippen LogP contribution in [0.4, 0.5) is 4.39 Å². The van der Waals surface area contributed by atoms with E-state index >= 15 is 0 Å². The number of benzene rings is 2. The fourth-order valence-corrected chi connectivity index (χ4v) is 4.29. The smallest absolute Gasteiger partial charge is 0.310 e. The molecule has 0 saturated carbocycles. The molecule has 1 atom stereocenters. The van der Waals surface area contributed by atoms with Gasteiger partial charge in [-0.2, -0.15) is 5.10 Å². The lowest BCUT2D eigenvalue weighted by Crippen LogP contribution is -2.14. The molecule has 0 radical (unpaired) electrons. The summed E-state index contributed by atoms with van der Waals surface area (Å²) in [5.74, 6) is -2.06. The van der Waals surface area contributed by atoms with Crippen molar-refractivity contribution in [1.29, 1.82) is 0 Å². The van der Waals surface area contributed by atoms with Gasteiger partial charge in [0.1, 0.15) is 18.0 Å². The van der Waals surface area contributed by atoms with Crippen molar-refractivity contribution in [2.45, 2.75) is 38.7 Å². The minimum atomic E-state index is -1.22. The van der Waals surface area contributed by atoms with Crippen LogP contribution < -0.4 is 0 Å². The third kappa shape index (κ3) is 4.61. The number of aliphatic hydroxyl groups excluding tert-OH is 1. The molecule has 2 aromatic carbocycles. The lowest BCUT2D eigenvalue weighted by atomic mass is 9.95. The summed E-state index contributed by atoms with van der Waals surface area (Å²) in [4.78, 5) is 22.6. The maximum absolute atomic E-state index is 13.7. The average Bonchev–Trinajstić information content (AvgIpc) is 3.12. The molecular weight excluding hydrogens is 435 g/mol. The summed E-state index contributed by atoms with van der Waals surface area (Å²) in [5, 5.41) is 25.8. The van der Waals surface area contributed by atoms with Gasteiger partial charge in [-0.1, -0.05) is 62.4 Å². The molecule has 2 N–H and O–H groups in total. The molecule has 34 heavy (non-hydrogen) atoms. The number of rotatable bonds is 8. The second kappa shape index (κ2) is 9.57. The van der Waals surface area contributed by atoms with Crippen LogP contribution in [0.2, 0.25) is 0 Å². The molecule has 174 valence electrons. The van der Waals surface area contributed by atoms with Gasteiger partial charge in [-0.25, -0.2) is 8.91 Å². The number of nitrogens with zero attached hydrogens (tertiary/aromatic N) is 2. The molecule has 0 saturated heterocycles. The van der Waals surface area contributed by atoms with E-state index in [0.29, 0.717) is 0 Å². The van der Waals surface area contributed by atoms with Crippen LogP contribution in [0.25, 0.3) is 33.5 Å². The van der Waals surface area contributed by atoms with Gasteiger partial charge in [0.2, 0.25) is 0 Å². The van der Waals surface area contributed by atoms with Crippen LogP contribution >= 0.6 is 0 Å². The second-order valence-electron chi connectivity index (χ2n) is 8.57. The Hall–Kier alpha value is -3.84. The van der Waals surface area contributed by atoms with Crippen LogP contribution in [0.5, 0.6) is 0 Å². The monoisotopic (exact) mass is 460 g/mol. The van der Waals surface area contributed by atoms with Crippen molar-refractivity contribution >= 4 is 34.1 Å². The van der Waals surface area contributed by atoms with Gasteiger partial charge in [0.15, 0.2) is 0 Å². The summed E-state index contributed by atoms with van der Waals surface area (Å²) in [7, 11) is 0. The number of carbonyl (C=O) groups is 2. The first-order valence-corrected chi connectivity index (χ1v) is 11.0. The minimum Gasteiger partial charge on any atom is -0.481 e. The van der Waals surface area contributed by atoms with Crippen molar-refractivity contribution in [2.75, 3.05) is 0 Å². The van der Waals surface area contributed by atoms with Crippen molar-refractivity contribution in [1.82, 2.24) is 9.61 Å². The molecule has 0 amide bonds. The summed E-state index contributed by atoms with van der Waals surface area (Å²) in [6.07, 6.45) is 2.98. The quantitative estimate of drug-likeness (QED) is 0.352. The van der Waals surface area contributed by atoms with E-state index < -0.39 is 24.3 Å². The van der Waals surface area contributed by atoms with Gasteiger partial charge in [0.25, 0.3) is 0 Å². The van der Waals surface area contributed by atoms with E-state index in [0.717, 1.165) is 38.7 Å². The Balaban J connectivity index is 1.94. The van der Waals surface area contributed by atoms with E-state index in [9.17, 15) is 19.1 Å². The lowest BCUT2D eigenvalue weighted by molar-refractivity contribution is -0.140. The highest BCUT2D eigenvalue weighted by molar-refractivity contribution is 6.06. The Morgan fingerprint density at radius 3 is 2.50 bits per heavy atom. The first-order valence-electron chi connectivity index (χ1n) is 11.0. The summed E-state index contributed by atoms with van der Waals surface area (Å²) >= 11 is 0. The maximum Gasteiger partial charge on any atom is 0.310 e. The predicted molar refractivity (Wildman–Crippen MR) is 129 cm³/mol. The highest BCUT2D eigenvalue weighted by Crippen LogP contribution is 2.40. The third-order valence-corrected chi connectivity index (χ3v) is 5.70. The highest BCUT2D eigenvalue weighted by Gasteiger charge is 2.23. The fourth-order valence-electron chi connectivity index (χ4n) is 4.29. The van der Waals surface area contributed by atoms with Crippen molar-refractivity contribution in [3.05, 3.63) is 77.9 Å². The van der Waals surface area contributed by atoms with Gasteiger partial charge in [-0.05, 0) is 23.6 Å². The number of fused-ring (bicyclic) bond motifs is 3. The molecule has 2 heterocycles. The number of carboxylic acids is 1. The van der Waals surface area contributed by atoms with Gasteiger partial charge >= 0.3 is 5.97 Å². The van der Waals surface area contributed by atoms with Crippen molar-refractivity contribution < 1.29 is 24.2 Å². The number of halogens is 1. The van der Waals surface area contributed by atoms with Crippen molar-refractivity contribution in [2.24, 2.45) is 0 Å². The minimum absolute atomic E-state index is 0.0563. The molecule has 7 heteroatoms. The largest absolute Gasteiger partial charge is 0.481 e. The van der Waals surface area contributed by atoms with Gasteiger partial charge < -0.3 is 10.2 Å². The van der Waals surface area contributed by atoms with Gasteiger partial charge in [-0.15, -0.1) is 0 Å². The number of aliphatic carboxylic acids is 1. The van der Waals surface area contributed by atoms with Crippen LogP contribution in [0.3, 0.4) is 0 Å². The number of aromatic nitrogens is 2. The maximum atomic E-state index is 13.7. The molecule has 1 unspecified atom stereocenters. The van der Waals surface area contributed by atoms with E-state index in [1.165, 1.54) is 18.2 Å². The first kappa shape index (κ1) is 23.3. The average molecular weight is 461 g/mol. The summed E-state index contributed by atoms with van der Waals surface area (Å²) < 4.78 is 15.6. The Bertz CT molecular complexity index is 1400. The molecule has 0 aliphatic rings. The van der Waals surface area contributed by atoms with Gasteiger partial charge in [-0.3, -0.25) is 9.59 Å². The lowest BCUT2D eigenvalue weighted by Gasteiger charge is -2.09. The first-order chi connectivity index (χ1) is 16.3. The molecular formula is C27H25FN2O4. The number of hydrogen-bond acceptors (Lipinski definition) is 4. The molecule has 0 fully saturated rings. The number of hydrogen-bond donors (Lipinski definition) is 2. The van der Waals surface area contributed by atoms with Crippen LogP contribution in [-0.4, -0.2) is 37.7 Å². The van der Waals surface area contributed by atoms with E-state index in [1.54, 1.807) is 24.4 Å². The predicted octanol–water partition coefficient (Wildman–Crippen LogP) is 5.23. The zero-order valence-electron chi connectivity index (χ0n) is 18.9. The standard InChI is InChI=1S/C27H25FN2O4/c1-16(2)26-23(12-11-20(31)13-21(32)14-24(33)34)25(17-7-9-19(28)10-8-17)27-22-6-4-3-5-18(22)15-29-30(26)27/h3-12,15-16,20,31H,13-14H2,1-2H3,(H,33,34)/b12-11+. The second-order valence-corrected chi connectivity index (χ2v) is 8.57. The molecule has 0 spiro atoms. The SMILES string of the molecule is CC(C)c1c(/C=C/C(O)CC(=O)CC(=O)O)c(-c2ccc(F)cc2)c2c3ccccc3cnn12. The van der Waals surface area contributed by atoms with E-state index in [2.05, 4.69) is 5.10 Å². The number of carbonyl (C=O) groups excluding carboxylic acids is 1. The van der Waals surface area contributed by atoms with E-state index in [4.69, 9.17) is 5.11 Å². The van der Waals surface area contributed by atoms with E-state index in [-0.39, 0.29) is 18.2 Å². The topological polar surface area (TPSA) is 91.9 Å². The Morgan fingerprint density at radius 1 is 1.12 bits per heavy atom. The Labute approximate surface area is 196 Å². The molecule has 0 bridgehead atoms. The highest BCUT2D eigenvalue weighted by atomic mass is 19.1. The molecule has 4 aromatic rings. The summed E-state index contributed by atoms with van der Waals surface area (Å²) in [6.45, 7) is 4.08. The summed E-state index contributed by atoms with van der Waals surface area (Å²) in [5.41, 5.74) is 4.20. The zero-order valence-corrected chi connectivity index (χ0v) is 18.9. The van der Waals surface area contributed by atoms with Crippen LogP contribution in [0, 0.1) is 5.82 Å². The number of aliphatic hydroxyl groups is 1. The summed E-state index contributed by atoms with van der Waals surface area (Å²) in [6, 6.07) is 14.1. The van der Waals surface area contributed by atoms with Crippen LogP contribution in [0.1, 0.15) is 43.9 Å². The van der Waals surface area contributed by atoms with Crippen molar-refractivity contribution in [3.63, 3.8) is 0 Å². The number of ketones is 1.